The number of methoxy groups -OCH3 is 1. The molecule has 0 aliphatic carbocycles. The number of ether oxygens (including phenoxy) is 2. The van der Waals surface area contributed by atoms with Gasteiger partial charge in [-0.05, 0) is 30.4 Å². The summed E-state index contributed by atoms with van der Waals surface area (Å²) in [7, 11) is 1.59. The highest BCUT2D eigenvalue weighted by Crippen LogP contribution is 2.22. The molecular weight excluding hydrogens is 312 g/mol. The Morgan fingerprint density at radius 2 is 2.26 bits per heavy atom. The number of aromatic nitrogens is 1. The number of hydrogen-bond donors (Lipinski definition) is 1. The zero-order valence-corrected chi connectivity index (χ0v) is 13.6. The molecule has 2 aromatic rings. The third kappa shape index (κ3) is 4.16. The van der Waals surface area contributed by atoms with Crippen molar-refractivity contribution in [2.24, 2.45) is 0 Å². The molecule has 1 atom stereocenters. The first-order valence-corrected chi connectivity index (χ1v) is 8.56. The molecule has 0 spiro atoms. The van der Waals surface area contributed by atoms with Crippen molar-refractivity contribution < 1.29 is 14.3 Å². The summed E-state index contributed by atoms with van der Waals surface area (Å²) in [6.07, 6.45) is 2.81. The predicted molar refractivity (Wildman–Crippen MR) is 91.5 cm³/mol. The number of nitrogens with zero attached hydrogens (tertiary/aromatic N) is 1. The van der Waals surface area contributed by atoms with Crippen molar-refractivity contribution in [3.05, 3.63) is 48.2 Å². The van der Waals surface area contributed by atoms with Gasteiger partial charge in [0, 0.05) is 29.8 Å². The molecule has 2 heterocycles. The van der Waals surface area contributed by atoms with E-state index < -0.39 is 0 Å². The van der Waals surface area contributed by atoms with E-state index in [4.69, 9.17) is 9.47 Å². The lowest BCUT2D eigenvalue weighted by molar-refractivity contribution is 0.102. The van der Waals surface area contributed by atoms with Gasteiger partial charge < -0.3 is 14.8 Å². The summed E-state index contributed by atoms with van der Waals surface area (Å²) in [5, 5.41) is 2.82. The third-order valence-corrected chi connectivity index (χ3v) is 4.63. The van der Waals surface area contributed by atoms with Crippen molar-refractivity contribution in [2.75, 3.05) is 23.9 Å². The third-order valence-electron chi connectivity index (χ3n) is 3.50. The maximum Gasteiger partial charge on any atom is 0.257 e. The van der Waals surface area contributed by atoms with Gasteiger partial charge in [0.25, 0.3) is 5.91 Å². The molecule has 1 aliphatic heterocycles. The van der Waals surface area contributed by atoms with Crippen molar-refractivity contribution in [3.8, 4) is 11.6 Å². The zero-order chi connectivity index (χ0) is 16.1. The smallest absolute Gasteiger partial charge is 0.257 e. The number of benzene rings is 1. The summed E-state index contributed by atoms with van der Waals surface area (Å²) in [5.41, 5.74) is 1.17. The van der Waals surface area contributed by atoms with Crippen LogP contribution in [0.5, 0.6) is 11.6 Å². The average molecular weight is 330 g/mol. The van der Waals surface area contributed by atoms with E-state index >= 15 is 0 Å². The van der Waals surface area contributed by atoms with Crippen LogP contribution >= 0.6 is 11.8 Å². The topological polar surface area (TPSA) is 60.5 Å². The number of rotatable bonds is 5. The molecule has 23 heavy (non-hydrogen) atoms. The van der Waals surface area contributed by atoms with Crippen molar-refractivity contribution in [1.82, 2.24) is 4.98 Å². The van der Waals surface area contributed by atoms with E-state index in [0.717, 1.165) is 17.9 Å². The Labute approximate surface area is 139 Å². The normalized spacial score (nSPS) is 16.8. The van der Waals surface area contributed by atoms with Crippen molar-refractivity contribution in [2.45, 2.75) is 12.5 Å². The number of carbonyl (C=O) groups excluding carboxylic acids is 1. The van der Waals surface area contributed by atoms with Crippen molar-refractivity contribution in [1.29, 1.82) is 0 Å². The molecule has 0 saturated carbocycles. The van der Waals surface area contributed by atoms with Crippen molar-refractivity contribution >= 4 is 23.4 Å². The SMILES string of the molecule is COc1cccc(NC(=O)c2ccc(OC3CCSC3)nc2)c1. The first-order valence-electron chi connectivity index (χ1n) is 7.40. The average Bonchev–Trinajstić information content (AvgIpc) is 3.08. The van der Waals surface area contributed by atoms with Crippen LogP contribution in [-0.4, -0.2) is 35.6 Å². The highest BCUT2D eigenvalue weighted by atomic mass is 32.2. The van der Waals surface area contributed by atoms with Crippen LogP contribution in [0.15, 0.2) is 42.6 Å². The molecule has 1 amide bonds. The van der Waals surface area contributed by atoms with E-state index in [2.05, 4.69) is 10.3 Å². The van der Waals surface area contributed by atoms with Gasteiger partial charge in [-0.1, -0.05) is 6.07 Å². The Morgan fingerprint density at radius 3 is 2.96 bits per heavy atom. The molecule has 1 fully saturated rings. The number of amides is 1. The van der Waals surface area contributed by atoms with Crippen LogP contribution in [-0.2, 0) is 0 Å². The van der Waals surface area contributed by atoms with Gasteiger partial charge in [0.1, 0.15) is 11.9 Å². The van der Waals surface area contributed by atoms with Crippen LogP contribution in [0.3, 0.4) is 0 Å². The second-order valence-electron chi connectivity index (χ2n) is 5.17. The minimum Gasteiger partial charge on any atom is -0.497 e. The van der Waals surface area contributed by atoms with Crippen LogP contribution in [0.25, 0.3) is 0 Å². The minimum absolute atomic E-state index is 0.214. The Kier molecular flexibility index (Phi) is 5.02. The second-order valence-corrected chi connectivity index (χ2v) is 6.32. The molecule has 0 radical (unpaired) electrons. The zero-order valence-electron chi connectivity index (χ0n) is 12.8. The summed E-state index contributed by atoms with van der Waals surface area (Å²) in [6.45, 7) is 0. The quantitative estimate of drug-likeness (QED) is 0.912. The van der Waals surface area contributed by atoms with Gasteiger partial charge in [-0.3, -0.25) is 4.79 Å². The Morgan fingerprint density at radius 1 is 1.35 bits per heavy atom. The molecule has 6 heteroatoms. The molecule has 1 aromatic heterocycles. The summed E-state index contributed by atoms with van der Waals surface area (Å²) in [6, 6.07) is 10.7. The molecule has 1 N–H and O–H groups in total. The summed E-state index contributed by atoms with van der Waals surface area (Å²) >= 11 is 1.89. The van der Waals surface area contributed by atoms with E-state index in [9.17, 15) is 4.79 Å². The summed E-state index contributed by atoms with van der Waals surface area (Å²) < 4.78 is 10.9. The summed E-state index contributed by atoms with van der Waals surface area (Å²) in [4.78, 5) is 16.5. The molecular formula is C17H18N2O3S. The van der Waals surface area contributed by atoms with Crippen LogP contribution < -0.4 is 14.8 Å². The lowest BCUT2D eigenvalue weighted by atomic mass is 10.2. The Bertz CT molecular complexity index is 670. The van der Waals surface area contributed by atoms with E-state index in [1.807, 2.05) is 30.0 Å². The molecule has 1 unspecified atom stereocenters. The van der Waals surface area contributed by atoms with Gasteiger partial charge in [0.2, 0.25) is 5.88 Å². The number of anilines is 1. The number of pyridine rings is 1. The van der Waals surface area contributed by atoms with Crippen LogP contribution in [0, 0.1) is 0 Å². The van der Waals surface area contributed by atoms with E-state index in [1.165, 1.54) is 6.20 Å². The molecule has 120 valence electrons. The second kappa shape index (κ2) is 7.37. The first-order chi connectivity index (χ1) is 11.2. The van der Waals surface area contributed by atoms with Gasteiger partial charge in [0.05, 0.1) is 12.7 Å². The Hall–Kier alpha value is -2.21. The van der Waals surface area contributed by atoms with Crippen LogP contribution in [0.4, 0.5) is 5.69 Å². The van der Waals surface area contributed by atoms with E-state index in [0.29, 0.717) is 22.9 Å². The predicted octanol–water partition coefficient (Wildman–Crippen LogP) is 3.23. The number of hydrogen-bond acceptors (Lipinski definition) is 5. The highest BCUT2D eigenvalue weighted by molar-refractivity contribution is 7.99. The largest absolute Gasteiger partial charge is 0.497 e. The van der Waals surface area contributed by atoms with E-state index in [1.54, 1.807) is 25.3 Å². The molecule has 1 saturated heterocycles. The van der Waals surface area contributed by atoms with Crippen LogP contribution in [0.2, 0.25) is 0 Å². The maximum absolute atomic E-state index is 12.2. The van der Waals surface area contributed by atoms with Gasteiger partial charge in [0.15, 0.2) is 0 Å². The molecule has 5 nitrogen and oxygen atoms in total. The number of nitrogens with one attached hydrogen (secondary N) is 1. The van der Waals surface area contributed by atoms with Gasteiger partial charge >= 0.3 is 0 Å². The highest BCUT2D eigenvalue weighted by Gasteiger charge is 2.17. The fourth-order valence-corrected chi connectivity index (χ4v) is 3.36. The molecule has 1 aliphatic rings. The van der Waals surface area contributed by atoms with Gasteiger partial charge in [-0.25, -0.2) is 4.98 Å². The van der Waals surface area contributed by atoms with Crippen LogP contribution in [0.1, 0.15) is 16.8 Å². The summed E-state index contributed by atoms with van der Waals surface area (Å²) in [5.74, 6) is 3.18. The van der Waals surface area contributed by atoms with Gasteiger partial charge in [-0.15, -0.1) is 0 Å². The standard InChI is InChI=1S/C17H18N2O3S/c1-21-14-4-2-3-13(9-14)19-17(20)12-5-6-16(18-10-12)22-15-7-8-23-11-15/h2-6,9-10,15H,7-8,11H2,1H3,(H,19,20). The fourth-order valence-electron chi connectivity index (χ4n) is 2.27. The van der Waals surface area contributed by atoms with Gasteiger partial charge in [-0.2, -0.15) is 11.8 Å². The molecule has 3 rings (SSSR count). The lowest BCUT2D eigenvalue weighted by Crippen LogP contribution is -2.16. The van der Waals surface area contributed by atoms with E-state index in [-0.39, 0.29) is 12.0 Å². The van der Waals surface area contributed by atoms with Crippen molar-refractivity contribution in [3.63, 3.8) is 0 Å². The number of carbonyl (C=O) groups is 1. The lowest BCUT2D eigenvalue weighted by Gasteiger charge is -2.11. The molecule has 0 bridgehead atoms. The minimum atomic E-state index is -0.214. The number of thioether (sulfide) groups is 1. The fraction of sp³-hybridized carbons (Fsp3) is 0.294. The molecule has 1 aromatic carbocycles. The monoisotopic (exact) mass is 330 g/mol. The Balaban J connectivity index is 1.62. The first kappa shape index (κ1) is 15.7. The maximum atomic E-state index is 12.2.